The van der Waals surface area contributed by atoms with Crippen molar-refractivity contribution in [1.29, 1.82) is 0 Å². The van der Waals surface area contributed by atoms with E-state index in [1.54, 1.807) is 0 Å². The molecular weight excluding hydrogens is 386 g/mol. The minimum atomic E-state index is -0.571. The van der Waals surface area contributed by atoms with E-state index in [0.717, 1.165) is 37.1 Å². The molecule has 29 heavy (non-hydrogen) atoms. The van der Waals surface area contributed by atoms with E-state index in [2.05, 4.69) is 5.32 Å². The highest BCUT2D eigenvalue weighted by Crippen LogP contribution is 2.20. The molecular formula is C23H30ClN3O2. The van der Waals surface area contributed by atoms with Gasteiger partial charge in [-0.25, -0.2) is 0 Å². The molecule has 2 amide bonds. The van der Waals surface area contributed by atoms with Gasteiger partial charge in [0.1, 0.15) is 6.04 Å². The lowest BCUT2D eigenvalue weighted by atomic mass is 9.94. The maximum Gasteiger partial charge on any atom is 0.245 e. The van der Waals surface area contributed by atoms with E-state index in [-0.39, 0.29) is 24.2 Å². The first-order valence-electron chi connectivity index (χ1n) is 10.00. The molecule has 1 aliphatic rings. The van der Waals surface area contributed by atoms with Gasteiger partial charge in [-0.3, -0.25) is 9.59 Å². The van der Waals surface area contributed by atoms with Crippen molar-refractivity contribution in [1.82, 2.24) is 10.2 Å². The Hall–Kier alpha value is -2.37. The quantitative estimate of drug-likeness (QED) is 0.729. The Bertz CT molecular complexity index is 779. The van der Waals surface area contributed by atoms with Crippen LogP contribution in [0.3, 0.4) is 0 Å². The molecule has 6 heteroatoms. The molecule has 2 aromatic carbocycles. The second-order valence-corrected chi connectivity index (χ2v) is 7.51. The molecule has 1 aliphatic heterocycles. The molecule has 2 aromatic rings. The minimum Gasteiger partial charge on any atom is -0.344 e. The van der Waals surface area contributed by atoms with Crippen LogP contribution in [-0.2, 0) is 16.0 Å². The van der Waals surface area contributed by atoms with Crippen LogP contribution in [0.5, 0.6) is 0 Å². The highest BCUT2D eigenvalue weighted by atomic mass is 35.5. The highest BCUT2D eigenvalue weighted by molar-refractivity contribution is 5.89. The first-order valence-corrected chi connectivity index (χ1v) is 10.00. The molecule has 0 spiro atoms. The number of halogens is 1. The maximum absolute atomic E-state index is 13.0. The number of amides is 2. The molecule has 0 aromatic heterocycles. The molecule has 0 radical (unpaired) electrons. The summed E-state index contributed by atoms with van der Waals surface area (Å²) in [6.07, 6.45) is 2.52. The molecule has 3 unspecified atom stereocenters. The van der Waals surface area contributed by atoms with Gasteiger partial charge in [0.15, 0.2) is 0 Å². The monoisotopic (exact) mass is 415 g/mol. The topological polar surface area (TPSA) is 75.4 Å². The number of benzene rings is 2. The van der Waals surface area contributed by atoms with Crippen molar-refractivity contribution in [3.8, 4) is 0 Å². The van der Waals surface area contributed by atoms with E-state index in [1.807, 2.05) is 72.5 Å². The zero-order valence-corrected chi connectivity index (χ0v) is 17.6. The van der Waals surface area contributed by atoms with Crippen molar-refractivity contribution in [3.05, 3.63) is 71.8 Å². The second-order valence-electron chi connectivity index (χ2n) is 7.51. The molecule has 1 heterocycles. The molecule has 0 bridgehead atoms. The van der Waals surface area contributed by atoms with E-state index in [9.17, 15) is 9.59 Å². The number of hydrogen-bond acceptors (Lipinski definition) is 3. The Morgan fingerprint density at radius 1 is 1.00 bits per heavy atom. The van der Waals surface area contributed by atoms with Crippen LogP contribution in [0.2, 0.25) is 0 Å². The van der Waals surface area contributed by atoms with Crippen LogP contribution in [-0.4, -0.2) is 35.8 Å². The van der Waals surface area contributed by atoms with Crippen LogP contribution in [0.4, 0.5) is 0 Å². The van der Waals surface area contributed by atoms with E-state index in [4.69, 9.17) is 5.73 Å². The fraction of sp³-hybridized carbons (Fsp3) is 0.391. The van der Waals surface area contributed by atoms with E-state index in [0.29, 0.717) is 6.42 Å². The van der Waals surface area contributed by atoms with Crippen molar-refractivity contribution in [2.45, 2.75) is 38.3 Å². The molecule has 3 N–H and O–H groups in total. The third-order valence-electron chi connectivity index (χ3n) is 5.45. The maximum atomic E-state index is 13.0. The number of carbonyl (C=O) groups excluding carboxylic acids is 2. The third-order valence-corrected chi connectivity index (χ3v) is 5.45. The molecule has 3 rings (SSSR count). The van der Waals surface area contributed by atoms with Gasteiger partial charge in [-0.15, -0.1) is 12.4 Å². The zero-order valence-electron chi connectivity index (χ0n) is 16.8. The first-order chi connectivity index (χ1) is 13.6. The van der Waals surface area contributed by atoms with Crippen LogP contribution < -0.4 is 11.1 Å². The van der Waals surface area contributed by atoms with Crippen molar-refractivity contribution < 1.29 is 9.59 Å². The summed E-state index contributed by atoms with van der Waals surface area (Å²) in [5, 5.41) is 2.98. The van der Waals surface area contributed by atoms with E-state index >= 15 is 0 Å². The number of nitrogens with one attached hydrogen (secondary N) is 1. The van der Waals surface area contributed by atoms with Gasteiger partial charge in [0.05, 0.1) is 5.92 Å². The summed E-state index contributed by atoms with van der Waals surface area (Å²) in [4.78, 5) is 27.8. The van der Waals surface area contributed by atoms with Crippen molar-refractivity contribution in [2.24, 2.45) is 11.7 Å². The highest BCUT2D eigenvalue weighted by Gasteiger charge is 2.30. The van der Waals surface area contributed by atoms with Crippen molar-refractivity contribution in [2.75, 3.05) is 13.1 Å². The van der Waals surface area contributed by atoms with Gasteiger partial charge < -0.3 is 16.0 Å². The standard InChI is InChI=1S/C23H29N3O2.ClH/c1-17(21(24)19-12-6-3-7-13-19)22(27)25-20(16-18-10-4-2-5-11-18)23(28)26-14-8-9-15-26;/h2-7,10-13,17,20-21H,8-9,14-16,24H2,1H3,(H,25,27);1H. The molecule has 5 nitrogen and oxygen atoms in total. The second kappa shape index (κ2) is 11.0. The number of likely N-dealkylation sites (tertiary alicyclic amines) is 1. The van der Waals surface area contributed by atoms with Gasteiger partial charge in [0.25, 0.3) is 0 Å². The van der Waals surface area contributed by atoms with Crippen molar-refractivity contribution in [3.63, 3.8) is 0 Å². The number of hydrogen-bond donors (Lipinski definition) is 2. The van der Waals surface area contributed by atoms with Crippen LogP contribution in [0.1, 0.15) is 36.9 Å². The Morgan fingerprint density at radius 3 is 2.14 bits per heavy atom. The van der Waals surface area contributed by atoms with Crippen LogP contribution in [0.25, 0.3) is 0 Å². The van der Waals surface area contributed by atoms with Crippen LogP contribution in [0.15, 0.2) is 60.7 Å². The molecule has 3 atom stereocenters. The zero-order chi connectivity index (χ0) is 19.9. The largest absolute Gasteiger partial charge is 0.344 e. The van der Waals surface area contributed by atoms with Gasteiger partial charge in [-0.1, -0.05) is 67.6 Å². The number of rotatable bonds is 7. The average molecular weight is 416 g/mol. The Labute approximate surface area is 179 Å². The fourth-order valence-corrected chi connectivity index (χ4v) is 3.64. The van der Waals surface area contributed by atoms with Gasteiger partial charge in [0, 0.05) is 25.6 Å². The summed E-state index contributed by atoms with van der Waals surface area (Å²) in [6.45, 7) is 3.34. The Morgan fingerprint density at radius 2 is 1.55 bits per heavy atom. The van der Waals surface area contributed by atoms with Gasteiger partial charge in [-0.2, -0.15) is 0 Å². The summed E-state index contributed by atoms with van der Waals surface area (Å²) in [5.41, 5.74) is 8.25. The van der Waals surface area contributed by atoms with E-state index < -0.39 is 18.0 Å². The summed E-state index contributed by atoms with van der Waals surface area (Å²) in [6, 6.07) is 18.4. The molecule has 156 valence electrons. The molecule has 0 saturated carbocycles. The van der Waals surface area contributed by atoms with Gasteiger partial charge in [-0.05, 0) is 24.0 Å². The van der Waals surface area contributed by atoms with Gasteiger partial charge >= 0.3 is 0 Å². The SMILES string of the molecule is CC(C(=O)NC(Cc1ccccc1)C(=O)N1CCCC1)C(N)c1ccccc1.Cl. The Balaban J connectivity index is 0.00000300. The lowest BCUT2D eigenvalue weighted by Gasteiger charge is -2.27. The first kappa shape index (κ1) is 22.9. The lowest BCUT2D eigenvalue weighted by molar-refractivity contribution is -0.136. The summed E-state index contributed by atoms with van der Waals surface area (Å²) in [7, 11) is 0. The summed E-state index contributed by atoms with van der Waals surface area (Å²) >= 11 is 0. The lowest BCUT2D eigenvalue weighted by Crippen LogP contribution is -2.51. The normalized spacial score (nSPS) is 16.4. The fourth-order valence-electron chi connectivity index (χ4n) is 3.64. The third kappa shape index (κ3) is 6.05. The predicted octanol–water partition coefficient (Wildman–Crippen LogP) is 3.09. The Kier molecular flexibility index (Phi) is 8.68. The number of carbonyl (C=O) groups is 2. The molecule has 0 aliphatic carbocycles. The number of nitrogens with two attached hydrogens (primary N) is 1. The van der Waals surface area contributed by atoms with Crippen LogP contribution in [0, 0.1) is 5.92 Å². The number of nitrogens with zero attached hydrogens (tertiary/aromatic N) is 1. The molecule has 1 fully saturated rings. The summed E-state index contributed by atoms with van der Waals surface area (Å²) in [5.74, 6) is -0.632. The average Bonchev–Trinajstić information content (AvgIpc) is 3.28. The summed E-state index contributed by atoms with van der Waals surface area (Å²) < 4.78 is 0. The minimum absolute atomic E-state index is 0. The van der Waals surface area contributed by atoms with Crippen molar-refractivity contribution >= 4 is 24.2 Å². The van der Waals surface area contributed by atoms with Crippen LogP contribution >= 0.6 is 12.4 Å². The smallest absolute Gasteiger partial charge is 0.245 e. The molecule has 1 saturated heterocycles. The van der Waals surface area contributed by atoms with Gasteiger partial charge in [0.2, 0.25) is 11.8 Å². The predicted molar refractivity (Wildman–Crippen MR) is 118 cm³/mol. The van der Waals surface area contributed by atoms with E-state index in [1.165, 1.54) is 0 Å².